The Kier molecular flexibility index (Phi) is 6.03. The number of H-pyrrole nitrogens is 1. The van der Waals surface area contributed by atoms with E-state index in [1.54, 1.807) is 6.07 Å². The van der Waals surface area contributed by atoms with Gasteiger partial charge in [-0.25, -0.2) is 8.78 Å². The fraction of sp³-hybridized carbons (Fsp3) is 0.286. The summed E-state index contributed by atoms with van der Waals surface area (Å²) in [5, 5.41) is 0.231. The number of amides is 1. The second-order valence-electron chi connectivity index (χ2n) is 6.92. The smallest absolute Gasteiger partial charge is 0.268 e. The summed E-state index contributed by atoms with van der Waals surface area (Å²) in [7, 11) is 0. The number of nitrogens with zero attached hydrogens (tertiary/aromatic N) is 1. The van der Waals surface area contributed by atoms with E-state index in [-0.39, 0.29) is 28.7 Å². The highest BCUT2D eigenvalue weighted by Crippen LogP contribution is 2.31. The molecular weight excluding hydrogens is 380 g/mol. The van der Waals surface area contributed by atoms with E-state index >= 15 is 0 Å². The summed E-state index contributed by atoms with van der Waals surface area (Å²) in [6.45, 7) is 3.53. The maximum atomic E-state index is 12.4. The lowest BCUT2D eigenvalue weighted by atomic mass is 10.1. The summed E-state index contributed by atoms with van der Waals surface area (Å²) in [5.74, 6) is -2.24. The number of rotatable bonds is 2. The molecule has 3 heterocycles. The minimum atomic E-state index is -0.782. The number of fused-ring (bicyclic) bond motifs is 1. The number of halogens is 2. The molecule has 0 saturated carbocycles. The molecule has 1 fully saturated rings. The molecule has 3 N–H and O–H groups in total. The zero-order valence-corrected chi connectivity index (χ0v) is 16.0. The Hall–Kier alpha value is -3.13. The van der Waals surface area contributed by atoms with Gasteiger partial charge in [-0.15, -0.1) is 0 Å². The first kappa shape index (κ1) is 20.6. The monoisotopic (exact) mass is 401 g/mol. The van der Waals surface area contributed by atoms with Gasteiger partial charge in [0, 0.05) is 18.0 Å². The van der Waals surface area contributed by atoms with Crippen LogP contribution < -0.4 is 11.2 Å². The average Bonchev–Trinajstić information content (AvgIpc) is 3.12. The Morgan fingerprint density at radius 2 is 2.03 bits per heavy atom. The number of hydrogen-bond donors (Lipinski definition) is 2. The minimum absolute atomic E-state index is 0.00370. The van der Waals surface area contributed by atoms with Gasteiger partial charge in [0.2, 0.25) is 0 Å². The zero-order chi connectivity index (χ0) is 21.1. The van der Waals surface area contributed by atoms with E-state index in [0.717, 1.165) is 24.6 Å². The number of primary amides is 1. The van der Waals surface area contributed by atoms with E-state index in [0.29, 0.717) is 11.1 Å². The lowest BCUT2D eigenvalue weighted by Crippen LogP contribution is -2.18. The van der Waals surface area contributed by atoms with Crippen LogP contribution in [0.3, 0.4) is 0 Å². The fourth-order valence-corrected chi connectivity index (χ4v) is 3.22. The summed E-state index contributed by atoms with van der Waals surface area (Å²) in [5.41, 5.74) is 6.61. The normalized spacial score (nSPS) is 18.3. The van der Waals surface area contributed by atoms with Crippen LogP contribution in [0.2, 0.25) is 0 Å². The Balaban J connectivity index is 0.000000224. The molecule has 0 spiro atoms. The van der Waals surface area contributed by atoms with Crippen LogP contribution in [-0.4, -0.2) is 22.0 Å². The average molecular weight is 401 g/mol. The van der Waals surface area contributed by atoms with Gasteiger partial charge in [-0.3, -0.25) is 14.6 Å². The van der Waals surface area contributed by atoms with Crippen LogP contribution in [0.4, 0.5) is 8.78 Å². The van der Waals surface area contributed by atoms with Gasteiger partial charge in [-0.2, -0.15) is 0 Å². The molecule has 1 amide bonds. The quantitative estimate of drug-likeness (QED) is 0.686. The molecule has 1 aliphatic rings. The molecule has 1 aliphatic heterocycles. The highest BCUT2D eigenvalue weighted by molar-refractivity contribution is 6.03. The van der Waals surface area contributed by atoms with Crippen molar-refractivity contribution in [2.45, 2.75) is 38.9 Å². The van der Waals surface area contributed by atoms with E-state index < -0.39 is 17.5 Å². The number of carbonyl (C=O) groups is 1. The molecule has 8 heteroatoms. The van der Waals surface area contributed by atoms with Gasteiger partial charge in [-0.1, -0.05) is 12.1 Å². The standard InChI is InChI=1S/C14H15N3O3.C7H6F2/c1-7-2-3-11(20-7)9-6-10(18)12-8(17-9)4-5-16-13(12)14(15)19;1-5-3-2-4-6(8)7(5)9/h4-7,11H,2-3H2,1H3,(H2,15,19)(H,17,18);2-4H,1H3. The molecule has 2 aromatic heterocycles. The van der Waals surface area contributed by atoms with Gasteiger partial charge < -0.3 is 15.5 Å². The number of nitrogens with two attached hydrogens (primary N) is 1. The molecule has 0 aliphatic carbocycles. The van der Waals surface area contributed by atoms with Gasteiger partial charge in [0.05, 0.1) is 23.1 Å². The lowest BCUT2D eigenvalue weighted by molar-refractivity contribution is 0.0532. The number of nitrogens with one attached hydrogen (secondary N) is 1. The Labute approximate surface area is 165 Å². The molecule has 0 bridgehead atoms. The Bertz CT molecular complexity index is 1090. The predicted molar refractivity (Wildman–Crippen MR) is 104 cm³/mol. The summed E-state index contributed by atoms with van der Waals surface area (Å²) >= 11 is 0. The number of pyridine rings is 2. The summed E-state index contributed by atoms with van der Waals surface area (Å²) in [6.07, 6.45) is 3.38. The van der Waals surface area contributed by atoms with Gasteiger partial charge in [0.25, 0.3) is 5.91 Å². The number of aromatic nitrogens is 2. The highest BCUT2D eigenvalue weighted by Gasteiger charge is 2.25. The van der Waals surface area contributed by atoms with Crippen molar-refractivity contribution in [1.82, 2.24) is 9.97 Å². The van der Waals surface area contributed by atoms with Crippen molar-refractivity contribution in [2.75, 3.05) is 0 Å². The molecule has 0 radical (unpaired) electrons. The third-order valence-corrected chi connectivity index (χ3v) is 4.72. The topological polar surface area (TPSA) is 98.1 Å². The van der Waals surface area contributed by atoms with E-state index in [1.807, 2.05) is 6.92 Å². The first-order valence-corrected chi connectivity index (χ1v) is 9.15. The molecule has 6 nitrogen and oxygen atoms in total. The number of carbonyl (C=O) groups excluding carboxylic acids is 1. The van der Waals surface area contributed by atoms with Gasteiger partial charge in [-0.05, 0) is 44.4 Å². The van der Waals surface area contributed by atoms with E-state index in [2.05, 4.69) is 9.97 Å². The summed E-state index contributed by atoms with van der Waals surface area (Å²) in [4.78, 5) is 30.6. The summed E-state index contributed by atoms with van der Waals surface area (Å²) < 4.78 is 30.3. The molecule has 4 rings (SSSR count). The number of aromatic amines is 1. The van der Waals surface area contributed by atoms with Crippen LogP contribution in [0.25, 0.3) is 10.9 Å². The van der Waals surface area contributed by atoms with Gasteiger partial charge in [0.15, 0.2) is 17.1 Å². The van der Waals surface area contributed by atoms with Crippen molar-refractivity contribution in [2.24, 2.45) is 5.73 Å². The Morgan fingerprint density at radius 1 is 1.28 bits per heavy atom. The second-order valence-corrected chi connectivity index (χ2v) is 6.92. The molecule has 1 aromatic carbocycles. The van der Waals surface area contributed by atoms with Crippen molar-refractivity contribution in [1.29, 1.82) is 0 Å². The Morgan fingerprint density at radius 3 is 2.62 bits per heavy atom. The van der Waals surface area contributed by atoms with Crippen molar-refractivity contribution in [3.05, 3.63) is 75.3 Å². The zero-order valence-electron chi connectivity index (χ0n) is 16.0. The van der Waals surface area contributed by atoms with Crippen LogP contribution in [0.5, 0.6) is 0 Å². The molecule has 3 aromatic rings. The van der Waals surface area contributed by atoms with E-state index in [1.165, 1.54) is 31.3 Å². The maximum Gasteiger partial charge on any atom is 0.268 e. The largest absolute Gasteiger partial charge is 0.369 e. The molecule has 2 atom stereocenters. The van der Waals surface area contributed by atoms with Crippen LogP contribution in [0.1, 0.15) is 47.6 Å². The third kappa shape index (κ3) is 4.48. The number of ether oxygens (including phenoxy) is 1. The third-order valence-electron chi connectivity index (χ3n) is 4.72. The molecule has 29 heavy (non-hydrogen) atoms. The van der Waals surface area contributed by atoms with Gasteiger partial charge >= 0.3 is 0 Å². The van der Waals surface area contributed by atoms with Crippen LogP contribution in [-0.2, 0) is 4.74 Å². The number of aryl methyl sites for hydroxylation is 1. The van der Waals surface area contributed by atoms with Crippen LogP contribution >= 0.6 is 0 Å². The van der Waals surface area contributed by atoms with E-state index in [9.17, 15) is 18.4 Å². The predicted octanol–water partition coefficient (Wildman–Crippen LogP) is 3.54. The van der Waals surface area contributed by atoms with Crippen LogP contribution in [0.15, 0.2) is 41.3 Å². The van der Waals surface area contributed by atoms with Crippen molar-refractivity contribution in [3.63, 3.8) is 0 Å². The molecular formula is C21H21F2N3O3. The van der Waals surface area contributed by atoms with Crippen molar-refractivity contribution >= 4 is 16.8 Å². The first-order chi connectivity index (χ1) is 13.8. The number of hydrogen-bond acceptors (Lipinski definition) is 4. The molecule has 1 saturated heterocycles. The number of benzene rings is 1. The minimum Gasteiger partial charge on any atom is -0.369 e. The fourth-order valence-electron chi connectivity index (χ4n) is 3.22. The maximum absolute atomic E-state index is 12.4. The van der Waals surface area contributed by atoms with Gasteiger partial charge in [0.1, 0.15) is 5.69 Å². The SMILES string of the molecule is CC1CCC(c2cc(=O)c3c(C(N)=O)nccc3[nH]2)O1.Cc1cccc(F)c1F. The van der Waals surface area contributed by atoms with Crippen molar-refractivity contribution in [3.8, 4) is 0 Å². The van der Waals surface area contributed by atoms with E-state index in [4.69, 9.17) is 10.5 Å². The van der Waals surface area contributed by atoms with Crippen LogP contribution in [0, 0.1) is 18.6 Å². The van der Waals surface area contributed by atoms with Crippen molar-refractivity contribution < 1.29 is 18.3 Å². The summed E-state index contributed by atoms with van der Waals surface area (Å²) in [6, 6.07) is 7.23. The lowest BCUT2D eigenvalue weighted by Gasteiger charge is -2.12. The second kappa shape index (κ2) is 8.48. The molecule has 152 valence electrons. The molecule has 2 unspecified atom stereocenters. The first-order valence-electron chi connectivity index (χ1n) is 9.15. The highest BCUT2D eigenvalue weighted by atomic mass is 19.2.